The first-order valence-electron chi connectivity index (χ1n) is 31.7. The number of aromatic nitrogens is 6. The van der Waals surface area contributed by atoms with E-state index in [0.717, 1.165) is 108 Å². The van der Waals surface area contributed by atoms with Crippen molar-refractivity contribution < 1.29 is 38.1 Å². The number of nitrogens with one attached hydrogen (secondary N) is 1. The first-order chi connectivity index (χ1) is 42.1. The number of carbonyl (C=O) groups is 2. The number of piperidine rings is 2. The minimum absolute atomic E-state index is 0.0172. The monoisotopic (exact) mass is 1220 g/mol. The second kappa shape index (κ2) is 32.9. The summed E-state index contributed by atoms with van der Waals surface area (Å²) in [6.07, 6.45) is 11.3. The van der Waals surface area contributed by atoms with Gasteiger partial charge in [-0.25, -0.2) is 37.7 Å². The molecule has 5 fully saturated rings. The van der Waals surface area contributed by atoms with E-state index < -0.39 is 11.9 Å². The fourth-order valence-corrected chi connectivity index (χ4v) is 12.4. The molecule has 0 unspecified atom stereocenters. The molecule has 0 atom stereocenters. The van der Waals surface area contributed by atoms with Crippen molar-refractivity contribution in [3.05, 3.63) is 100 Å². The molecule has 0 radical (unpaired) electrons. The van der Waals surface area contributed by atoms with E-state index in [1.54, 1.807) is 35.0 Å². The zero-order valence-electron chi connectivity index (χ0n) is 52.2. The zero-order valence-corrected chi connectivity index (χ0v) is 53.0. The van der Waals surface area contributed by atoms with Crippen LogP contribution in [0.25, 0.3) is 33.4 Å². The lowest BCUT2D eigenvalue weighted by Gasteiger charge is -2.41. The molecule has 19 nitrogen and oxygen atoms in total. The summed E-state index contributed by atoms with van der Waals surface area (Å²) >= 11 is 6.26. The van der Waals surface area contributed by atoms with Crippen molar-refractivity contribution in [2.45, 2.75) is 130 Å². The van der Waals surface area contributed by atoms with E-state index in [4.69, 9.17) is 26.2 Å². The van der Waals surface area contributed by atoms with Crippen LogP contribution in [0, 0.1) is 11.6 Å². The average Bonchev–Trinajstić information content (AvgIpc) is 2.68. The summed E-state index contributed by atoms with van der Waals surface area (Å²) in [5.41, 5.74) is 4.29. The lowest BCUT2D eigenvalue weighted by molar-refractivity contribution is 0.0101. The second-order valence-electron chi connectivity index (χ2n) is 23.4. The number of fused-ring (bicyclic) bond motifs is 3. The molecule has 2 aromatic carbocycles. The van der Waals surface area contributed by atoms with E-state index in [2.05, 4.69) is 84.5 Å². The fourth-order valence-electron chi connectivity index (χ4n) is 12.2. The number of aromatic carboxylic acids is 2. The Morgan fingerprint density at radius 2 is 1.09 bits per heavy atom. The maximum absolute atomic E-state index is 13.6. The van der Waals surface area contributed by atoms with Gasteiger partial charge in [0.05, 0.1) is 76.5 Å². The average molecular weight is 1220 g/mol. The third-order valence-electron chi connectivity index (χ3n) is 17.1. The first kappa shape index (κ1) is 66.7. The molecule has 10 heterocycles. The largest absolute Gasteiger partial charge is 0.477 e. The minimum atomic E-state index is -1.17. The van der Waals surface area contributed by atoms with Crippen molar-refractivity contribution in [3.63, 3.8) is 0 Å². The number of hydrogen-bond acceptors (Lipinski definition) is 15. The standard InChI is InChI=1S/C25H30FN5O3.C16H13ClFN3O2.C9H18N2O.C9H16N2.C6H15N/c1-16(2)23-22-21(30-9-7-18(8-10-30)29-11-13-34-14-12-29)15-20(25(32)33)27-24(22)31(28-23)19-5-3-17(26)4-6-19;1-8(2)14-13-11(17)7-12(16(22)23)19-15(13)21(20-14)10-5-3-9(18)4-6-10;1-3-10-4-2-9(1)11-5-7-12-8-6-11;1-2-5-9-10-6-4-8-11(9)7-3-1;1-4-7(5-2)6-3/h3-6,15-16,18H,7-14H2,1-2H3,(H,32,33);3-8H,1-2H3,(H,22,23);9-10H,1-8H2;1-8H2;4-6H2,1-3H3. The minimum Gasteiger partial charge on any atom is -0.477 e. The lowest BCUT2D eigenvalue weighted by atomic mass is 10.00. The highest BCUT2D eigenvalue weighted by Crippen LogP contribution is 2.37. The van der Waals surface area contributed by atoms with Gasteiger partial charge in [-0.15, -0.1) is 0 Å². The van der Waals surface area contributed by atoms with Gasteiger partial charge in [0.25, 0.3) is 0 Å². The van der Waals surface area contributed by atoms with Crippen LogP contribution >= 0.6 is 11.6 Å². The number of benzene rings is 2. The molecule has 4 aromatic heterocycles. The summed E-state index contributed by atoms with van der Waals surface area (Å²) in [6.45, 7) is 33.5. The fraction of sp³-hybridized carbons (Fsp3) is 0.585. The van der Waals surface area contributed by atoms with Crippen LogP contribution in [0.1, 0.15) is 150 Å². The summed E-state index contributed by atoms with van der Waals surface area (Å²) in [7, 11) is 0. The van der Waals surface area contributed by atoms with E-state index in [0.29, 0.717) is 39.8 Å². The summed E-state index contributed by atoms with van der Waals surface area (Å²) in [5, 5.41) is 33.5. The Hall–Kier alpha value is -6.20. The van der Waals surface area contributed by atoms with Crippen LogP contribution in [0.4, 0.5) is 14.5 Å². The number of carboxylic acid groups (broad SMARTS) is 2. The number of rotatable bonds is 12. The number of amidine groups is 1. The Balaban J connectivity index is 0.000000158. The molecule has 0 bridgehead atoms. The van der Waals surface area contributed by atoms with Gasteiger partial charge < -0.3 is 39.7 Å². The molecule has 0 aliphatic carbocycles. The van der Waals surface area contributed by atoms with Gasteiger partial charge in [-0.1, -0.05) is 66.5 Å². The van der Waals surface area contributed by atoms with Gasteiger partial charge >= 0.3 is 11.9 Å². The molecule has 22 heteroatoms. The van der Waals surface area contributed by atoms with Crippen LogP contribution < -0.4 is 10.2 Å². The summed E-state index contributed by atoms with van der Waals surface area (Å²) in [4.78, 5) is 48.6. The molecule has 87 heavy (non-hydrogen) atoms. The van der Waals surface area contributed by atoms with E-state index in [-0.39, 0.29) is 39.9 Å². The Morgan fingerprint density at radius 1 is 0.621 bits per heavy atom. The van der Waals surface area contributed by atoms with E-state index in [9.17, 15) is 28.6 Å². The van der Waals surface area contributed by atoms with Gasteiger partial charge in [0.1, 0.15) is 11.6 Å². The highest BCUT2D eigenvalue weighted by Gasteiger charge is 2.31. The van der Waals surface area contributed by atoms with Gasteiger partial charge in [0, 0.05) is 77.4 Å². The molecule has 6 aliphatic heterocycles. The number of ether oxygens (including phenoxy) is 2. The van der Waals surface area contributed by atoms with Crippen molar-refractivity contribution in [3.8, 4) is 11.4 Å². The number of aliphatic imine (C=N–C) groups is 1. The van der Waals surface area contributed by atoms with Gasteiger partial charge in [-0.2, -0.15) is 10.2 Å². The molecule has 0 amide bonds. The summed E-state index contributed by atoms with van der Waals surface area (Å²) in [5.74, 6) is -1.40. The Bertz CT molecular complexity index is 3140. The van der Waals surface area contributed by atoms with Crippen LogP contribution in [0.2, 0.25) is 5.02 Å². The Labute approximate surface area is 517 Å². The highest BCUT2D eigenvalue weighted by molar-refractivity contribution is 6.35. The van der Waals surface area contributed by atoms with Crippen molar-refractivity contribution in [1.82, 2.24) is 54.4 Å². The van der Waals surface area contributed by atoms with Crippen molar-refractivity contribution in [2.75, 3.05) is 123 Å². The number of anilines is 1. The van der Waals surface area contributed by atoms with Crippen molar-refractivity contribution >= 4 is 57.1 Å². The maximum atomic E-state index is 13.6. The Kier molecular flexibility index (Phi) is 25.2. The molecule has 3 N–H and O–H groups in total. The topological polar surface area (TPSA) is 195 Å². The zero-order chi connectivity index (χ0) is 62.0. The van der Waals surface area contributed by atoms with Crippen molar-refractivity contribution in [1.29, 1.82) is 0 Å². The predicted octanol–water partition coefficient (Wildman–Crippen LogP) is 10.8. The van der Waals surface area contributed by atoms with Crippen LogP contribution in [0.3, 0.4) is 0 Å². The molecule has 5 saturated heterocycles. The molecule has 6 aromatic rings. The van der Waals surface area contributed by atoms with Crippen LogP contribution in [0.5, 0.6) is 0 Å². The van der Waals surface area contributed by atoms with Crippen molar-refractivity contribution in [2.24, 2.45) is 4.99 Å². The third-order valence-corrected chi connectivity index (χ3v) is 17.4. The molecule has 0 saturated carbocycles. The van der Waals surface area contributed by atoms with Gasteiger partial charge in [0.2, 0.25) is 0 Å². The van der Waals surface area contributed by atoms with Crippen LogP contribution in [-0.2, 0) is 9.47 Å². The van der Waals surface area contributed by atoms with E-state index in [1.807, 2.05) is 13.8 Å². The number of pyridine rings is 2. The molecular weight excluding hydrogens is 1130 g/mol. The predicted molar refractivity (Wildman–Crippen MR) is 341 cm³/mol. The number of nitrogens with zero attached hydrogens (tertiary/aromatic N) is 12. The molecule has 0 spiro atoms. The highest BCUT2D eigenvalue weighted by atomic mass is 35.5. The number of hydrogen-bond donors (Lipinski definition) is 3. The SMILES string of the molecule is C1CC(N2CCOCC2)CCN1.C1CCC2=NCCCN2CC1.CC(C)c1nn(-c2ccc(F)cc2)c2nc(C(=O)O)cc(Cl)c12.CC(C)c1nn(-c2ccc(F)cc2)c2nc(C(=O)O)cc(N3CCC(N4CCOCC4)CC3)c12.CCN(CC)CC. The van der Waals surface area contributed by atoms with E-state index >= 15 is 0 Å². The Morgan fingerprint density at radius 3 is 1.57 bits per heavy atom. The second-order valence-corrected chi connectivity index (χ2v) is 23.9. The molecule has 6 aliphatic rings. The van der Waals surface area contributed by atoms with Gasteiger partial charge in [0.15, 0.2) is 22.7 Å². The normalized spacial score (nSPS) is 18.1. The summed E-state index contributed by atoms with van der Waals surface area (Å²) < 4.78 is 40.7. The maximum Gasteiger partial charge on any atom is 0.354 e. The smallest absolute Gasteiger partial charge is 0.354 e. The number of carboxylic acids is 2. The molecular formula is C65H92ClF2N13O6. The van der Waals surface area contributed by atoms with Gasteiger partial charge in [-0.05, 0) is 150 Å². The van der Waals surface area contributed by atoms with Crippen LogP contribution in [0.15, 0.2) is 65.7 Å². The lowest BCUT2D eigenvalue weighted by Crippen LogP contribution is -2.49. The number of halogens is 3. The first-order valence-corrected chi connectivity index (χ1v) is 32.1. The quantitative estimate of drug-likeness (QED) is 0.105. The van der Waals surface area contributed by atoms with Gasteiger partial charge in [-0.3, -0.25) is 14.8 Å². The summed E-state index contributed by atoms with van der Waals surface area (Å²) in [6, 6.07) is 16.1. The molecule has 474 valence electrons. The van der Waals surface area contributed by atoms with Crippen LogP contribution in [-0.4, -0.2) is 207 Å². The third kappa shape index (κ3) is 17.8. The number of morpholine rings is 2. The molecule has 12 rings (SSSR count). The van der Waals surface area contributed by atoms with E-state index in [1.165, 1.54) is 132 Å².